The molecule has 3 aromatic rings. The van der Waals surface area contributed by atoms with E-state index in [9.17, 15) is 0 Å². The van der Waals surface area contributed by atoms with Crippen molar-refractivity contribution in [3.63, 3.8) is 0 Å². The van der Waals surface area contributed by atoms with Gasteiger partial charge in [0, 0.05) is 11.4 Å². The van der Waals surface area contributed by atoms with E-state index in [0.717, 1.165) is 28.1 Å². The Labute approximate surface area is 147 Å². The fourth-order valence-corrected chi connectivity index (χ4v) is 3.36. The molecule has 0 aliphatic carbocycles. The number of benzene rings is 2. The highest BCUT2D eigenvalue weighted by Crippen LogP contribution is 2.23. The predicted molar refractivity (Wildman–Crippen MR) is 101 cm³/mol. The van der Waals surface area contributed by atoms with Gasteiger partial charge in [-0.1, -0.05) is 54.6 Å². The summed E-state index contributed by atoms with van der Waals surface area (Å²) in [6.07, 6.45) is 0. The zero-order chi connectivity index (χ0) is 16.9. The quantitative estimate of drug-likeness (QED) is 0.667. The monoisotopic (exact) mass is 338 g/mol. The first-order valence-electron chi connectivity index (χ1n) is 8.12. The lowest BCUT2D eigenvalue weighted by molar-refractivity contribution is 0.841. The smallest absolute Gasteiger partial charge is 0.195 e. The third-order valence-corrected chi connectivity index (χ3v) is 4.62. The minimum Gasteiger partial charge on any atom is -0.378 e. The standard InChI is InChI=1S/C19H22N4S/c1-4-24-19-22-21-18(23(19)16-8-6-5-7-9-16)13-20-17-11-10-14(2)12-15(17)3/h5-12,20H,4,13H2,1-3H3. The van der Waals surface area contributed by atoms with Gasteiger partial charge in [-0.25, -0.2) is 0 Å². The summed E-state index contributed by atoms with van der Waals surface area (Å²) in [6.45, 7) is 6.99. The van der Waals surface area contributed by atoms with E-state index >= 15 is 0 Å². The molecule has 0 saturated heterocycles. The number of aromatic nitrogens is 3. The van der Waals surface area contributed by atoms with E-state index in [1.54, 1.807) is 11.8 Å². The minimum atomic E-state index is 0.635. The Bertz CT molecular complexity index is 811. The number of hydrogen-bond acceptors (Lipinski definition) is 4. The molecule has 24 heavy (non-hydrogen) atoms. The number of aryl methyl sites for hydroxylation is 2. The normalized spacial score (nSPS) is 10.8. The van der Waals surface area contributed by atoms with Crippen LogP contribution < -0.4 is 5.32 Å². The first-order valence-corrected chi connectivity index (χ1v) is 9.11. The molecule has 4 nitrogen and oxygen atoms in total. The molecule has 1 aromatic heterocycles. The number of nitrogens with one attached hydrogen (secondary N) is 1. The first kappa shape index (κ1) is 16.6. The number of thioether (sulfide) groups is 1. The average molecular weight is 338 g/mol. The summed E-state index contributed by atoms with van der Waals surface area (Å²) in [5.41, 5.74) is 4.74. The zero-order valence-corrected chi connectivity index (χ0v) is 15.1. The Hall–Kier alpha value is -2.27. The molecule has 1 heterocycles. The number of rotatable bonds is 6. The number of anilines is 1. The minimum absolute atomic E-state index is 0.635. The molecule has 5 heteroatoms. The first-order chi connectivity index (χ1) is 11.7. The van der Waals surface area contributed by atoms with Crippen molar-refractivity contribution in [2.75, 3.05) is 11.1 Å². The zero-order valence-electron chi connectivity index (χ0n) is 14.3. The Kier molecular flexibility index (Phi) is 5.20. The van der Waals surface area contributed by atoms with Crippen LogP contribution in [-0.2, 0) is 6.54 Å². The molecule has 1 N–H and O–H groups in total. The summed E-state index contributed by atoms with van der Waals surface area (Å²) < 4.78 is 2.13. The summed E-state index contributed by atoms with van der Waals surface area (Å²) in [4.78, 5) is 0. The summed E-state index contributed by atoms with van der Waals surface area (Å²) >= 11 is 1.71. The molecule has 0 aliphatic rings. The third kappa shape index (κ3) is 3.62. The molecule has 2 aromatic carbocycles. The molecule has 0 bridgehead atoms. The van der Waals surface area contributed by atoms with Crippen molar-refractivity contribution in [2.24, 2.45) is 0 Å². The Morgan fingerprint density at radius 2 is 1.83 bits per heavy atom. The molecule has 0 spiro atoms. The summed E-state index contributed by atoms with van der Waals surface area (Å²) in [5, 5.41) is 13.2. The van der Waals surface area contributed by atoms with Crippen LogP contribution in [0.1, 0.15) is 23.9 Å². The van der Waals surface area contributed by atoms with E-state index in [1.807, 2.05) is 18.2 Å². The SMILES string of the molecule is CCSc1nnc(CNc2ccc(C)cc2C)n1-c1ccccc1. The summed E-state index contributed by atoms with van der Waals surface area (Å²) in [5.74, 6) is 1.88. The van der Waals surface area contributed by atoms with E-state index in [1.165, 1.54) is 11.1 Å². The second kappa shape index (κ2) is 7.53. The topological polar surface area (TPSA) is 42.7 Å². The Morgan fingerprint density at radius 3 is 2.54 bits per heavy atom. The lowest BCUT2D eigenvalue weighted by Gasteiger charge is -2.12. The van der Waals surface area contributed by atoms with Gasteiger partial charge in [-0.15, -0.1) is 10.2 Å². The number of para-hydroxylation sites is 1. The predicted octanol–water partition coefficient (Wildman–Crippen LogP) is 4.61. The van der Waals surface area contributed by atoms with Crippen molar-refractivity contribution >= 4 is 17.4 Å². The maximum atomic E-state index is 4.40. The average Bonchev–Trinajstić information content (AvgIpc) is 2.98. The number of nitrogens with zero attached hydrogens (tertiary/aromatic N) is 3. The van der Waals surface area contributed by atoms with Crippen molar-refractivity contribution in [1.82, 2.24) is 14.8 Å². The molecule has 124 valence electrons. The van der Waals surface area contributed by atoms with Crippen LogP contribution in [0.2, 0.25) is 0 Å². The fourth-order valence-electron chi connectivity index (χ4n) is 2.66. The lowest BCUT2D eigenvalue weighted by atomic mass is 10.1. The van der Waals surface area contributed by atoms with E-state index in [4.69, 9.17) is 0 Å². The van der Waals surface area contributed by atoms with Crippen LogP contribution in [0.4, 0.5) is 5.69 Å². The van der Waals surface area contributed by atoms with Gasteiger partial charge in [-0.2, -0.15) is 0 Å². The van der Waals surface area contributed by atoms with Crippen LogP contribution >= 0.6 is 11.8 Å². The van der Waals surface area contributed by atoms with Crippen LogP contribution in [0.3, 0.4) is 0 Å². The molecule has 0 saturated carbocycles. The van der Waals surface area contributed by atoms with Gasteiger partial charge in [0.2, 0.25) is 0 Å². The maximum absolute atomic E-state index is 4.40. The second-order valence-electron chi connectivity index (χ2n) is 5.67. The lowest BCUT2D eigenvalue weighted by Crippen LogP contribution is -2.09. The molecular formula is C19H22N4S. The van der Waals surface area contributed by atoms with Crippen molar-refractivity contribution in [1.29, 1.82) is 0 Å². The molecule has 0 unspecified atom stereocenters. The fraction of sp³-hybridized carbons (Fsp3) is 0.263. The van der Waals surface area contributed by atoms with Crippen LogP contribution in [0, 0.1) is 13.8 Å². The Morgan fingerprint density at radius 1 is 1.04 bits per heavy atom. The van der Waals surface area contributed by atoms with Gasteiger partial charge in [-0.05, 0) is 43.4 Å². The van der Waals surface area contributed by atoms with Crippen molar-refractivity contribution in [3.05, 3.63) is 65.5 Å². The molecule has 0 amide bonds. The van der Waals surface area contributed by atoms with Crippen LogP contribution in [-0.4, -0.2) is 20.5 Å². The van der Waals surface area contributed by atoms with Crippen LogP contribution in [0.5, 0.6) is 0 Å². The molecule has 0 radical (unpaired) electrons. The van der Waals surface area contributed by atoms with Gasteiger partial charge < -0.3 is 5.32 Å². The third-order valence-electron chi connectivity index (χ3n) is 3.81. The molecule has 0 fully saturated rings. The molecule has 3 rings (SSSR count). The van der Waals surface area contributed by atoms with Gasteiger partial charge in [0.05, 0.1) is 6.54 Å². The van der Waals surface area contributed by atoms with Crippen LogP contribution in [0.25, 0.3) is 5.69 Å². The van der Waals surface area contributed by atoms with E-state index in [2.05, 4.69) is 71.2 Å². The summed E-state index contributed by atoms with van der Waals surface area (Å²) in [7, 11) is 0. The highest BCUT2D eigenvalue weighted by Gasteiger charge is 2.13. The van der Waals surface area contributed by atoms with Gasteiger partial charge in [0.15, 0.2) is 11.0 Å². The Balaban J connectivity index is 1.88. The van der Waals surface area contributed by atoms with Gasteiger partial charge in [0.25, 0.3) is 0 Å². The van der Waals surface area contributed by atoms with Gasteiger partial charge >= 0.3 is 0 Å². The van der Waals surface area contributed by atoms with E-state index < -0.39 is 0 Å². The van der Waals surface area contributed by atoms with E-state index in [0.29, 0.717) is 6.54 Å². The highest BCUT2D eigenvalue weighted by molar-refractivity contribution is 7.99. The number of hydrogen-bond donors (Lipinski definition) is 1. The molecule has 0 atom stereocenters. The van der Waals surface area contributed by atoms with Crippen LogP contribution in [0.15, 0.2) is 53.7 Å². The van der Waals surface area contributed by atoms with Crippen molar-refractivity contribution in [3.8, 4) is 5.69 Å². The van der Waals surface area contributed by atoms with Crippen molar-refractivity contribution in [2.45, 2.75) is 32.5 Å². The largest absolute Gasteiger partial charge is 0.378 e. The maximum Gasteiger partial charge on any atom is 0.195 e. The molecule has 0 aliphatic heterocycles. The van der Waals surface area contributed by atoms with Gasteiger partial charge in [-0.3, -0.25) is 4.57 Å². The second-order valence-corrected chi connectivity index (χ2v) is 6.91. The highest BCUT2D eigenvalue weighted by atomic mass is 32.2. The summed E-state index contributed by atoms with van der Waals surface area (Å²) in [6, 6.07) is 16.7. The van der Waals surface area contributed by atoms with E-state index in [-0.39, 0.29) is 0 Å². The molecular weight excluding hydrogens is 316 g/mol. The van der Waals surface area contributed by atoms with Crippen molar-refractivity contribution < 1.29 is 0 Å². The van der Waals surface area contributed by atoms with Gasteiger partial charge in [0.1, 0.15) is 0 Å².